The van der Waals surface area contributed by atoms with Gasteiger partial charge in [-0.15, -0.1) is 6.58 Å². The summed E-state index contributed by atoms with van der Waals surface area (Å²) in [5.74, 6) is 0. The van der Waals surface area contributed by atoms with Crippen molar-refractivity contribution in [3.63, 3.8) is 0 Å². The van der Waals surface area contributed by atoms with Gasteiger partial charge in [-0.3, -0.25) is 0 Å². The molecule has 0 amide bonds. The quantitative estimate of drug-likeness (QED) is 0.756. The largest absolute Gasteiger partial charge is 0.388 e. The molecule has 2 N–H and O–H groups in total. The minimum Gasteiger partial charge on any atom is -0.388 e. The number of rotatable bonds is 6. The Labute approximate surface area is 118 Å². The Hall–Kier alpha value is -1.24. The fourth-order valence-electron chi connectivity index (χ4n) is 2.06. The number of aliphatic hydroxyl groups is 2. The predicted octanol–water partition coefficient (Wildman–Crippen LogP) is 0.853. The van der Waals surface area contributed by atoms with Gasteiger partial charge in [-0.2, -0.15) is 0 Å². The molecule has 0 unspecified atom stereocenters. The van der Waals surface area contributed by atoms with Gasteiger partial charge in [0, 0.05) is 0 Å². The number of hydrogen-bond acceptors (Lipinski definition) is 5. The van der Waals surface area contributed by atoms with Crippen LogP contribution in [0.15, 0.2) is 43.0 Å². The van der Waals surface area contributed by atoms with Crippen molar-refractivity contribution >= 4 is 0 Å². The molecule has 1 aromatic rings. The molecule has 0 aromatic heterocycles. The van der Waals surface area contributed by atoms with Crippen molar-refractivity contribution in [2.45, 2.75) is 31.2 Å². The van der Waals surface area contributed by atoms with Crippen LogP contribution in [0.5, 0.6) is 0 Å². The molecule has 2 rings (SSSR count). The summed E-state index contributed by atoms with van der Waals surface area (Å²) in [5, 5.41) is 20.0. The molecule has 1 aliphatic heterocycles. The second-order valence-electron chi connectivity index (χ2n) is 4.64. The highest BCUT2D eigenvalue weighted by Crippen LogP contribution is 2.20. The molecule has 4 atom stereocenters. The summed E-state index contributed by atoms with van der Waals surface area (Å²) < 4.78 is 16.1. The van der Waals surface area contributed by atoms with E-state index in [4.69, 9.17) is 14.2 Å². The molecular weight excluding hydrogens is 260 g/mol. The average Bonchev–Trinajstić information content (AvgIpc) is 2.47. The third kappa shape index (κ3) is 3.88. The monoisotopic (exact) mass is 280 g/mol. The van der Waals surface area contributed by atoms with Crippen molar-refractivity contribution in [3.05, 3.63) is 48.6 Å². The smallest absolute Gasteiger partial charge is 0.186 e. The second kappa shape index (κ2) is 7.52. The van der Waals surface area contributed by atoms with E-state index < -0.39 is 24.6 Å². The molecule has 1 aliphatic rings. The lowest BCUT2D eigenvalue weighted by Gasteiger charge is -2.37. The number of aliphatic hydroxyl groups excluding tert-OH is 2. The maximum atomic E-state index is 10.1. The van der Waals surface area contributed by atoms with Crippen LogP contribution in [0.25, 0.3) is 0 Å². The van der Waals surface area contributed by atoms with Gasteiger partial charge in [0.1, 0.15) is 18.3 Å². The van der Waals surface area contributed by atoms with Crippen molar-refractivity contribution < 1.29 is 24.4 Å². The minimum absolute atomic E-state index is 0.0678. The van der Waals surface area contributed by atoms with Crippen LogP contribution >= 0.6 is 0 Å². The molecule has 5 heteroatoms. The molecule has 1 aromatic carbocycles. The lowest BCUT2D eigenvalue weighted by atomic mass is 10.1. The molecule has 110 valence electrons. The Morgan fingerprint density at radius 1 is 1.25 bits per heavy atom. The van der Waals surface area contributed by atoms with Gasteiger partial charge < -0.3 is 24.4 Å². The van der Waals surface area contributed by atoms with Crippen molar-refractivity contribution in [2.75, 3.05) is 13.2 Å². The first-order valence-corrected chi connectivity index (χ1v) is 6.58. The van der Waals surface area contributed by atoms with E-state index in [-0.39, 0.29) is 13.2 Å². The van der Waals surface area contributed by atoms with Crippen LogP contribution in [-0.4, -0.2) is 48.0 Å². The topological polar surface area (TPSA) is 68.2 Å². The molecule has 1 fully saturated rings. The van der Waals surface area contributed by atoms with Crippen LogP contribution in [0.1, 0.15) is 5.56 Å². The van der Waals surface area contributed by atoms with Crippen LogP contribution in [0.4, 0.5) is 0 Å². The minimum atomic E-state index is -1.04. The fraction of sp³-hybridized carbons (Fsp3) is 0.467. The fourth-order valence-corrected chi connectivity index (χ4v) is 2.06. The van der Waals surface area contributed by atoms with Gasteiger partial charge in [0.2, 0.25) is 0 Å². The average molecular weight is 280 g/mol. The van der Waals surface area contributed by atoms with E-state index in [1.54, 1.807) is 6.08 Å². The zero-order valence-corrected chi connectivity index (χ0v) is 11.2. The van der Waals surface area contributed by atoms with E-state index in [0.29, 0.717) is 6.61 Å². The zero-order chi connectivity index (χ0) is 14.4. The van der Waals surface area contributed by atoms with Gasteiger partial charge in [-0.1, -0.05) is 36.4 Å². The van der Waals surface area contributed by atoms with Crippen LogP contribution in [0.2, 0.25) is 0 Å². The van der Waals surface area contributed by atoms with E-state index in [1.165, 1.54) is 0 Å². The van der Waals surface area contributed by atoms with E-state index in [9.17, 15) is 10.2 Å². The standard InChI is InChI=1S/C15H20O5/c1-2-8-18-15-13(17)14(12(16)10-20-15)19-9-11-6-4-3-5-7-11/h2-7,12-17H,1,8-10H2/t12-,13+,14-,15+/m0/s1. The van der Waals surface area contributed by atoms with Gasteiger partial charge >= 0.3 is 0 Å². The molecule has 1 saturated heterocycles. The van der Waals surface area contributed by atoms with Crippen LogP contribution in [-0.2, 0) is 20.8 Å². The third-order valence-corrected chi connectivity index (χ3v) is 3.09. The Morgan fingerprint density at radius 2 is 2.00 bits per heavy atom. The van der Waals surface area contributed by atoms with Crippen molar-refractivity contribution in [2.24, 2.45) is 0 Å². The van der Waals surface area contributed by atoms with Crippen LogP contribution in [0.3, 0.4) is 0 Å². The van der Waals surface area contributed by atoms with Gasteiger partial charge in [0.15, 0.2) is 6.29 Å². The van der Waals surface area contributed by atoms with Gasteiger partial charge in [-0.05, 0) is 5.56 Å². The summed E-state index contributed by atoms with van der Waals surface area (Å²) >= 11 is 0. The number of ether oxygens (including phenoxy) is 3. The van der Waals surface area contributed by atoms with Crippen molar-refractivity contribution in [1.29, 1.82) is 0 Å². The van der Waals surface area contributed by atoms with Gasteiger partial charge in [-0.25, -0.2) is 0 Å². The van der Waals surface area contributed by atoms with Crippen LogP contribution < -0.4 is 0 Å². The summed E-state index contributed by atoms with van der Waals surface area (Å²) in [6.45, 7) is 4.19. The molecule has 1 heterocycles. The molecular formula is C15H20O5. The Kier molecular flexibility index (Phi) is 5.70. The number of benzene rings is 1. The lowest BCUT2D eigenvalue weighted by molar-refractivity contribution is -0.276. The summed E-state index contributed by atoms with van der Waals surface area (Å²) in [4.78, 5) is 0. The summed E-state index contributed by atoms with van der Waals surface area (Å²) in [6, 6.07) is 9.57. The molecule has 0 radical (unpaired) electrons. The Morgan fingerprint density at radius 3 is 2.70 bits per heavy atom. The van der Waals surface area contributed by atoms with Gasteiger partial charge in [0.05, 0.1) is 19.8 Å². The van der Waals surface area contributed by atoms with Crippen LogP contribution in [0, 0.1) is 0 Å². The first-order valence-electron chi connectivity index (χ1n) is 6.58. The molecule has 0 aliphatic carbocycles. The van der Waals surface area contributed by atoms with Crippen molar-refractivity contribution in [3.8, 4) is 0 Å². The predicted molar refractivity (Wildman–Crippen MR) is 72.9 cm³/mol. The Bertz CT molecular complexity index is 408. The van der Waals surface area contributed by atoms with Gasteiger partial charge in [0.25, 0.3) is 0 Å². The van der Waals surface area contributed by atoms with E-state index in [0.717, 1.165) is 5.56 Å². The maximum absolute atomic E-state index is 10.1. The molecule has 0 bridgehead atoms. The highest BCUT2D eigenvalue weighted by atomic mass is 16.7. The molecule has 0 spiro atoms. The second-order valence-corrected chi connectivity index (χ2v) is 4.64. The van der Waals surface area contributed by atoms with E-state index >= 15 is 0 Å². The number of hydrogen-bond donors (Lipinski definition) is 2. The van der Waals surface area contributed by atoms with E-state index in [2.05, 4.69) is 6.58 Å². The first-order chi connectivity index (χ1) is 9.72. The highest BCUT2D eigenvalue weighted by Gasteiger charge is 2.40. The Balaban J connectivity index is 1.91. The zero-order valence-electron chi connectivity index (χ0n) is 11.2. The summed E-state index contributed by atoms with van der Waals surface area (Å²) in [6.07, 6.45) is -1.89. The summed E-state index contributed by atoms with van der Waals surface area (Å²) in [7, 11) is 0. The molecule has 20 heavy (non-hydrogen) atoms. The SMILES string of the molecule is C=CCO[C@@H]1OC[C@H](O)[C@H](OCc2ccccc2)[C@H]1O. The summed E-state index contributed by atoms with van der Waals surface area (Å²) in [5.41, 5.74) is 0.974. The van der Waals surface area contributed by atoms with Crippen molar-refractivity contribution in [1.82, 2.24) is 0 Å². The van der Waals surface area contributed by atoms with E-state index in [1.807, 2.05) is 30.3 Å². The first kappa shape index (κ1) is 15.2. The third-order valence-electron chi connectivity index (χ3n) is 3.09. The molecule has 0 saturated carbocycles. The molecule has 5 nitrogen and oxygen atoms in total. The lowest BCUT2D eigenvalue weighted by Crippen LogP contribution is -2.54. The maximum Gasteiger partial charge on any atom is 0.186 e. The highest BCUT2D eigenvalue weighted by molar-refractivity contribution is 5.13. The normalized spacial score (nSPS) is 30.1.